The minimum Gasteiger partial charge on any atom is -0.490 e. The second-order valence-corrected chi connectivity index (χ2v) is 9.74. The smallest absolute Gasteiger partial charge is 0.293 e. The first-order valence-electron chi connectivity index (χ1n) is 11.0. The molecule has 4 rings (SSSR count). The number of amides is 2. The van der Waals surface area contributed by atoms with Crippen LogP contribution < -0.4 is 9.47 Å². The number of ether oxygens (including phenoxy) is 2. The topological polar surface area (TPSA) is 55.8 Å². The molecule has 8 heteroatoms. The molecule has 0 spiro atoms. The summed E-state index contributed by atoms with van der Waals surface area (Å²) in [5.74, 6) is 0.192. The van der Waals surface area contributed by atoms with Crippen LogP contribution in [0.3, 0.4) is 0 Å². The van der Waals surface area contributed by atoms with Crippen LogP contribution in [0.4, 0.5) is 9.18 Å². The van der Waals surface area contributed by atoms with E-state index in [1.165, 1.54) is 11.0 Å². The Balaban J connectivity index is 1.55. The molecular formula is C27H23BrFNO4S. The van der Waals surface area contributed by atoms with E-state index in [1.54, 1.807) is 36.4 Å². The number of benzene rings is 3. The van der Waals surface area contributed by atoms with Crippen molar-refractivity contribution < 1.29 is 23.5 Å². The van der Waals surface area contributed by atoms with Crippen molar-refractivity contribution in [2.45, 2.75) is 27.0 Å². The van der Waals surface area contributed by atoms with E-state index >= 15 is 0 Å². The molecule has 1 saturated heterocycles. The predicted octanol–water partition coefficient (Wildman–Crippen LogP) is 7.11. The van der Waals surface area contributed by atoms with Crippen molar-refractivity contribution in [2.75, 3.05) is 6.61 Å². The first-order valence-corrected chi connectivity index (χ1v) is 12.6. The zero-order chi connectivity index (χ0) is 24.9. The lowest BCUT2D eigenvalue weighted by atomic mass is 10.1. The Kier molecular flexibility index (Phi) is 7.93. The van der Waals surface area contributed by atoms with Gasteiger partial charge in [-0.3, -0.25) is 14.5 Å². The van der Waals surface area contributed by atoms with E-state index in [0.717, 1.165) is 22.9 Å². The van der Waals surface area contributed by atoms with Crippen molar-refractivity contribution in [3.8, 4) is 11.5 Å². The summed E-state index contributed by atoms with van der Waals surface area (Å²) < 4.78 is 26.2. The van der Waals surface area contributed by atoms with Crippen LogP contribution in [0.25, 0.3) is 6.08 Å². The monoisotopic (exact) mass is 555 g/mol. The zero-order valence-electron chi connectivity index (χ0n) is 19.2. The maximum absolute atomic E-state index is 14.0. The van der Waals surface area contributed by atoms with Gasteiger partial charge in [-0.05, 0) is 76.9 Å². The molecule has 1 aliphatic rings. The summed E-state index contributed by atoms with van der Waals surface area (Å²) in [5.41, 5.74) is 3.09. The number of hydrogen-bond acceptors (Lipinski definition) is 5. The third kappa shape index (κ3) is 5.94. The normalized spacial score (nSPS) is 14.6. The SMILES string of the molecule is CCOc1cc(/C=C2\SC(=O)N(Cc3ccc(C)cc3)C2=O)cc(Br)c1OCc1ccccc1F. The highest BCUT2D eigenvalue weighted by molar-refractivity contribution is 9.10. The molecule has 1 fully saturated rings. The highest BCUT2D eigenvalue weighted by Crippen LogP contribution is 2.40. The van der Waals surface area contributed by atoms with E-state index in [1.807, 2.05) is 38.1 Å². The first kappa shape index (κ1) is 25.0. The number of carbonyl (C=O) groups excluding carboxylic acids is 2. The lowest BCUT2D eigenvalue weighted by molar-refractivity contribution is -0.123. The molecule has 0 aromatic heterocycles. The minimum atomic E-state index is -0.348. The maximum Gasteiger partial charge on any atom is 0.293 e. The largest absolute Gasteiger partial charge is 0.490 e. The maximum atomic E-state index is 14.0. The van der Waals surface area contributed by atoms with E-state index in [9.17, 15) is 14.0 Å². The van der Waals surface area contributed by atoms with Crippen LogP contribution in [0.15, 0.2) is 70.0 Å². The molecule has 0 saturated carbocycles. The van der Waals surface area contributed by atoms with Gasteiger partial charge < -0.3 is 9.47 Å². The van der Waals surface area contributed by atoms with Crippen molar-refractivity contribution in [3.63, 3.8) is 0 Å². The fourth-order valence-electron chi connectivity index (χ4n) is 3.50. The molecule has 180 valence electrons. The van der Waals surface area contributed by atoms with Gasteiger partial charge in [-0.1, -0.05) is 48.0 Å². The number of hydrogen-bond donors (Lipinski definition) is 0. The van der Waals surface area contributed by atoms with Crippen molar-refractivity contribution in [1.29, 1.82) is 0 Å². The van der Waals surface area contributed by atoms with Gasteiger partial charge in [0.25, 0.3) is 11.1 Å². The Bertz CT molecular complexity index is 1290. The number of aryl methyl sites for hydroxylation is 1. The van der Waals surface area contributed by atoms with Gasteiger partial charge in [-0.25, -0.2) is 4.39 Å². The lowest BCUT2D eigenvalue weighted by Gasteiger charge is -2.15. The number of nitrogens with zero attached hydrogens (tertiary/aromatic N) is 1. The van der Waals surface area contributed by atoms with Gasteiger partial charge in [0.15, 0.2) is 11.5 Å². The number of halogens is 2. The lowest BCUT2D eigenvalue weighted by Crippen LogP contribution is -2.27. The van der Waals surface area contributed by atoms with Crippen molar-refractivity contribution >= 4 is 44.9 Å². The zero-order valence-corrected chi connectivity index (χ0v) is 21.6. The first-order chi connectivity index (χ1) is 16.9. The molecule has 1 aliphatic heterocycles. The summed E-state index contributed by atoms with van der Waals surface area (Å²) in [6.45, 7) is 4.47. The minimum absolute atomic E-state index is 0.0304. The quantitative estimate of drug-likeness (QED) is 0.277. The Hall–Kier alpha value is -3.10. The van der Waals surface area contributed by atoms with E-state index in [-0.39, 0.29) is 30.1 Å². The predicted molar refractivity (Wildman–Crippen MR) is 139 cm³/mol. The molecule has 0 unspecified atom stereocenters. The van der Waals surface area contributed by atoms with Gasteiger partial charge in [0, 0.05) is 5.56 Å². The van der Waals surface area contributed by atoms with Gasteiger partial charge in [-0.2, -0.15) is 0 Å². The molecule has 1 heterocycles. The van der Waals surface area contributed by atoms with Gasteiger partial charge >= 0.3 is 0 Å². The average molecular weight is 556 g/mol. The number of thioether (sulfide) groups is 1. The third-order valence-corrected chi connectivity index (χ3v) is 6.79. The molecule has 2 amide bonds. The van der Waals surface area contributed by atoms with E-state index < -0.39 is 0 Å². The second kappa shape index (κ2) is 11.1. The van der Waals surface area contributed by atoms with Crippen LogP contribution >= 0.6 is 27.7 Å². The summed E-state index contributed by atoms with van der Waals surface area (Å²) in [4.78, 5) is 27.1. The fraction of sp³-hybridized carbons (Fsp3) is 0.185. The Morgan fingerprint density at radius 1 is 1.06 bits per heavy atom. The van der Waals surface area contributed by atoms with Gasteiger partial charge in [0.2, 0.25) is 0 Å². The molecule has 35 heavy (non-hydrogen) atoms. The molecule has 3 aromatic carbocycles. The van der Waals surface area contributed by atoms with Gasteiger partial charge in [0.1, 0.15) is 12.4 Å². The summed E-state index contributed by atoms with van der Waals surface area (Å²) in [6, 6.07) is 17.6. The molecular weight excluding hydrogens is 533 g/mol. The number of carbonyl (C=O) groups is 2. The van der Waals surface area contributed by atoms with Crippen LogP contribution in [-0.4, -0.2) is 22.7 Å². The van der Waals surface area contributed by atoms with Crippen molar-refractivity contribution in [2.24, 2.45) is 0 Å². The summed E-state index contributed by atoms with van der Waals surface area (Å²) in [6.07, 6.45) is 1.66. The van der Waals surface area contributed by atoms with Crippen molar-refractivity contribution in [3.05, 3.63) is 98.1 Å². The molecule has 0 N–H and O–H groups in total. The second-order valence-electron chi connectivity index (χ2n) is 7.90. The van der Waals surface area contributed by atoms with Gasteiger partial charge in [0.05, 0.1) is 22.5 Å². The Labute approximate surface area is 216 Å². The van der Waals surface area contributed by atoms with Crippen LogP contribution in [0.2, 0.25) is 0 Å². The summed E-state index contributed by atoms with van der Waals surface area (Å²) in [7, 11) is 0. The standard InChI is InChI=1S/C27H23BrFNO4S/c1-3-33-23-13-19(12-21(28)25(23)34-16-20-6-4-5-7-22(20)29)14-24-26(31)30(27(32)35-24)15-18-10-8-17(2)9-11-18/h4-14H,3,15-16H2,1-2H3/b24-14-. The molecule has 0 aliphatic carbocycles. The van der Waals surface area contributed by atoms with Gasteiger partial charge in [-0.15, -0.1) is 0 Å². The fourth-order valence-corrected chi connectivity index (χ4v) is 4.92. The molecule has 0 atom stereocenters. The Morgan fingerprint density at radius 3 is 2.51 bits per heavy atom. The number of rotatable bonds is 8. The highest BCUT2D eigenvalue weighted by Gasteiger charge is 2.35. The van der Waals surface area contributed by atoms with E-state index in [0.29, 0.717) is 38.6 Å². The molecule has 3 aromatic rings. The third-order valence-electron chi connectivity index (χ3n) is 5.29. The average Bonchev–Trinajstić information content (AvgIpc) is 3.08. The molecule has 0 radical (unpaired) electrons. The summed E-state index contributed by atoms with van der Waals surface area (Å²) in [5, 5.41) is -0.309. The van der Waals surface area contributed by atoms with Crippen LogP contribution in [0.5, 0.6) is 11.5 Å². The molecule has 0 bridgehead atoms. The van der Waals surface area contributed by atoms with Crippen LogP contribution in [0.1, 0.15) is 29.2 Å². The van der Waals surface area contributed by atoms with Crippen LogP contribution in [-0.2, 0) is 17.9 Å². The van der Waals surface area contributed by atoms with E-state index in [4.69, 9.17) is 9.47 Å². The Morgan fingerprint density at radius 2 is 1.80 bits per heavy atom. The molecule has 5 nitrogen and oxygen atoms in total. The van der Waals surface area contributed by atoms with Crippen molar-refractivity contribution in [1.82, 2.24) is 4.90 Å². The van der Waals surface area contributed by atoms with E-state index in [2.05, 4.69) is 15.9 Å². The highest BCUT2D eigenvalue weighted by atomic mass is 79.9. The summed E-state index contributed by atoms with van der Waals surface area (Å²) >= 11 is 4.41. The number of imide groups is 1. The van der Waals surface area contributed by atoms with Crippen LogP contribution in [0, 0.1) is 12.7 Å².